The van der Waals surface area contributed by atoms with Crippen LogP contribution in [0.5, 0.6) is 0 Å². The molecule has 1 N–H and O–H groups in total. The maximum absolute atomic E-state index is 12.5. The molecular formula is C27H44O4. The smallest absolute Gasteiger partial charge is 0.309 e. The van der Waals surface area contributed by atoms with Gasteiger partial charge in [-0.3, -0.25) is 4.79 Å². The van der Waals surface area contributed by atoms with Crippen LogP contribution < -0.4 is 0 Å². The third-order valence-corrected chi connectivity index (χ3v) is 9.95. The lowest BCUT2D eigenvalue weighted by molar-refractivity contribution is -0.152. The minimum atomic E-state index is 0.0238. The van der Waals surface area contributed by atoms with Crippen LogP contribution in [0.4, 0.5) is 0 Å². The second-order valence-corrected chi connectivity index (χ2v) is 11.3. The summed E-state index contributed by atoms with van der Waals surface area (Å²) in [5.41, 5.74) is 2.12. The first-order chi connectivity index (χ1) is 14.9. The molecule has 4 rings (SSSR count). The Morgan fingerprint density at radius 2 is 1.87 bits per heavy atom. The van der Waals surface area contributed by atoms with Crippen LogP contribution in [0.1, 0.15) is 90.9 Å². The topological polar surface area (TPSA) is 55.8 Å². The third kappa shape index (κ3) is 4.24. The van der Waals surface area contributed by atoms with E-state index in [0.717, 1.165) is 57.0 Å². The Labute approximate surface area is 189 Å². The van der Waals surface area contributed by atoms with Gasteiger partial charge in [0.05, 0.1) is 19.1 Å². The molecule has 3 saturated carbocycles. The van der Waals surface area contributed by atoms with E-state index in [9.17, 15) is 4.79 Å². The largest absolute Gasteiger partial charge is 0.469 e. The van der Waals surface area contributed by atoms with Crippen LogP contribution >= 0.6 is 0 Å². The number of rotatable bonds is 8. The SMILES string of the molecule is COC(=O)C1CC[C@H]2[C@@H]3CC=C4CC(OCCCCCCO)CC[C@]4(C)[C@@H]3CC[C@]12C. The first-order valence-electron chi connectivity index (χ1n) is 12.9. The van der Waals surface area contributed by atoms with Crippen molar-refractivity contribution in [1.29, 1.82) is 0 Å². The molecule has 4 aliphatic rings. The highest BCUT2D eigenvalue weighted by Crippen LogP contribution is 2.66. The minimum absolute atomic E-state index is 0.0238. The highest BCUT2D eigenvalue weighted by Gasteiger charge is 2.60. The van der Waals surface area contributed by atoms with Gasteiger partial charge in [0, 0.05) is 13.2 Å². The van der Waals surface area contributed by atoms with Crippen molar-refractivity contribution in [3.8, 4) is 0 Å². The summed E-state index contributed by atoms with van der Waals surface area (Å²) in [6, 6.07) is 0. The lowest BCUT2D eigenvalue weighted by Crippen LogP contribution is -2.51. The molecule has 0 spiro atoms. The van der Waals surface area contributed by atoms with Crippen molar-refractivity contribution in [2.75, 3.05) is 20.3 Å². The number of fused-ring (bicyclic) bond motifs is 5. The summed E-state index contributed by atoms with van der Waals surface area (Å²) in [5, 5.41) is 8.90. The van der Waals surface area contributed by atoms with Crippen molar-refractivity contribution < 1.29 is 19.4 Å². The summed E-state index contributed by atoms with van der Waals surface area (Å²) in [7, 11) is 1.55. The van der Waals surface area contributed by atoms with Gasteiger partial charge in [0.25, 0.3) is 0 Å². The minimum Gasteiger partial charge on any atom is -0.469 e. The van der Waals surface area contributed by atoms with Crippen molar-refractivity contribution >= 4 is 5.97 Å². The summed E-state index contributed by atoms with van der Waals surface area (Å²) < 4.78 is 11.5. The Morgan fingerprint density at radius 3 is 2.65 bits per heavy atom. The summed E-state index contributed by atoms with van der Waals surface area (Å²) in [6.45, 7) is 6.09. The van der Waals surface area contributed by atoms with E-state index in [1.807, 2.05) is 0 Å². The molecule has 4 aliphatic carbocycles. The molecule has 0 aliphatic heterocycles. The van der Waals surface area contributed by atoms with E-state index in [0.29, 0.717) is 24.0 Å². The lowest BCUT2D eigenvalue weighted by Gasteiger charge is -2.58. The summed E-state index contributed by atoms with van der Waals surface area (Å²) in [6.07, 6.45) is 16.6. The molecule has 0 radical (unpaired) electrons. The van der Waals surface area contributed by atoms with Gasteiger partial charge in [-0.1, -0.05) is 38.3 Å². The van der Waals surface area contributed by atoms with Gasteiger partial charge >= 0.3 is 5.97 Å². The molecule has 3 fully saturated rings. The van der Waals surface area contributed by atoms with Crippen LogP contribution in [-0.4, -0.2) is 37.5 Å². The summed E-state index contributed by atoms with van der Waals surface area (Å²) in [4.78, 5) is 12.5. The number of aliphatic hydroxyl groups excluding tert-OH is 1. The van der Waals surface area contributed by atoms with Gasteiger partial charge in [-0.05, 0) is 92.8 Å². The zero-order chi connectivity index (χ0) is 22.1. The first kappa shape index (κ1) is 23.3. The van der Waals surface area contributed by atoms with Gasteiger partial charge in [0.1, 0.15) is 0 Å². The first-order valence-corrected chi connectivity index (χ1v) is 12.9. The van der Waals surface area contributed by atoms with E-state index in [2.05, 4.69) is 19.9 Å². The molecule has 0 aromatic carbocycles. The molecule has 7 atom stereocenters. The van der Waals surface area contributed by atoms with Crippen LogP contribution in [-0.2, 0) is 14.3 Å². The zero-order valence-electron chi connectivity index (χ0n) is 20.0. The third-order valence-electron chi connectivity index (χ3n) is 9.95. The molecule has 0 amide bonds. The van der Waals surface area contributed by atoms with Gasteiger partial charge in [-0.25, -0.2) is 0 Å². The van der Waals surface area contributed by atoms with Crippen molar-refractivity contribution in [1.82, 2.24) is 0 Å². The highest BCUT2D eigenvalue weighted by molar-refractivity contribution is 5.73. The predicted octanol–water partition coefficient (Wildman–Crippen LogP) is 5.68. The van der Waals surface area contributed by atoms with Gasteiger partial charge in [0.2, 0.25) is 0 Å². The molecule has 31 heavy (non-hydrogen) atoms. The van der Waals surface area contributed by atoms with Crippen LogP contribution in [0.2, 0.25) is 0 Å². The van der Waals surface area contributed by atoms with Crippen LogP contribution in [0.3, 0.4) is 0 Å². The molecule has 4 heteroatoms. The fraction of sp³-hybridized carbons (Fsp3) is 0.889. The van der Waals surface area contributed by atoms with Gasteiger partial charge in [-0.2, -0.15) is 0 Å². The molecule has 0 bridgehead atoms. The number of hydrogen-bond donors (Lipinski definition) is 1. The molecular weight excluding hydrogens is 388 g/mol. The highest BCUT2D eigenvalue weighted by atomic mass is 16.5. The maximum atomic E-state index is 12.5. The molecule has 0 aromatic heterocycles. The normalized spacial score (nSPS) is 41.7. The summed E-state index contributed by atoms with van der Waals surface area (Å²) in [5.74, 6) is 2.28. The van der Waals surface area contributed by atoms with Crippen molar-refractivity contribution in [3.63, 3.8) is 0 Å². The fourth-order valence-corrected chi connectivity index (χ4v) is 8.12. The number of esters is 1. The number of allylic oxidation sites excluding steroid dienone is 1. The number of carbonyl (C=O) groups is 1. The number of carbonyl (C=O) groups excluding carboxylic acids is 1. The average Bonchev–Trinajstić information content (AvgIpc) is 3.13. The lowest BCUT2D eigenvalue weighted by atomic mass is 9.47. The maximum Gasteiger partial charge on any atom is 0.309 e. The standard InChI is InChI=1S/C27H44O4/c1-26-14-12-20(31-17-7-5-4-6-16-28)18-19(26)8-9-21-22-10-11-24(25(29)30-3)27(22,2)15-13-23(21)26/h8,20-24,28H,4-7,9-18H2,1-3H3/t20?,21-,22-,23+,24?,26-,27-/m0/s1. The molecule has 0 heterocycles. The van der Waals surface area contributed by atoms with E-state index < -0.39 is 0 Å². The average molecular weight is 433 g/mol. The molecule has 4 nitrogen and oxygen atoms in total. The second-order valence-electron chi connectivity index (χ2n) is 11.3. The van der Waals surface area contributed by atoms with E-state index in [1.54, 1.807) is 12.7 Å². The van der Waals surface area contributed by atoms with Gasteiger partial charge < -0.3 is 14.6 Å². The molecule has 0 saturated heterocycles. The van der Waals surface area contributed by atoms with Crippen molar-refractivity contribution in [2.24, 2.45) is 34.5 Å². The Morgan fingerprint density at radius 1 is 1.06 bits per heavy atom. The van der Waals surface area contributed by atoms with E-state index >= 15 is 0 Å². The van der Waals surface area contributed by atoms with E-state index in [1.165, 1.54) is 38.5 Å². The fourth-order valence-electron chi connectivity index (χ4n) is 8.12. The number of ether oxygens (including phenoxy) is 2. The Bertz CT molecular complexity index is 672. The molecule has 2 unspecified atom stereocenters. The number of aliphatic hydroxyl groups is 1. The number of unbranched alkanes of at least 4 members (excludes halogenated alkanes) is 3. The van der Waals surface area contributed by atoms with Crippen molar-refractivity contribution in [3.05, 3.63) is 11.6 Å². The predicted molar refractivity (Wildman–Crippen MR) is 123 cm³/mol. The Balaban J connectivity index is 1.38. The monoisotopic (exact) mass is 432 g/mol. The van der Waals surface area contributed by atoms with E-state index in [-0.39, 0.29) is 17.3 Å². The Hall–Kier alpha value is -0.870. The second kappa shape index (κ2) is 9.55. The summed E-state index contributed by atoms with van der Waals surface area (Å²) >= 11 is 0. The Kier molecular flexibility index (Phi) is 7.18. The zero-order valence-corrected chi connectivity index (χ0v) is 20.0. The van der Waals surface area contributed by atoms with Crippen molar-refractivity contribution in [2.45, 2.75) is 97.0 Å². The molecule has 176 valence electrons. The van der Waals surface area contributed by atoms with Crippen LogP contribution in [0.25, 0.3) is 0 Å². The van der Waals surface area contributed by atoms with Gasteiger partial charge in [-0.15, -0.1) is 0 Å². The van der Waals surface area contributed by atoms with Gasteiger partial charge in [0.15, 0.2) is 0 Å². The molecule has 0 aromatic rings. The number of methoxy groups -OCH3 is 1. The van der Waals surface area contributed by atoms with Crippen LogP contribution in [0.15, 0.2) is 11.6 Å². The number of hydrogen-bond acceptors (Lipinski definition) is 4. The van der Waals surface area contributed by atoms with Crippen LogP contribution in [0, 0.1) is 34.5 Å². The van der Waals surface area contributed by atoms with E-state index in [4.69, 9.17) is 14.6 Å². The quantitative estimate of drug-likeness (QED) is 0.305.